The molecule has 2 aromatic carbocycles. The van der Waals surface area contributed by atoms with Gasteiger partial charge in [0.15, 0.2) is 11.6 Å². The van der Waals surface area contributed by atoms with Gasteiger partial charge < -0.3 is 0 Å². The lowest BCUT2D eigenvalue weighted by molar-refractivity contribution is 0.507. The Morgan fingerprint density at radius 2 is 1.58 bits per heavy atom. The summed E-state index contributed by atoms with van der Waals surface area (Å²) in [6.07, 6.45) is 0. The van der Waals surface area contributed by atoms with E-state index in [0.29, 0.717) is 16.1 Å². The predicted molar refractivity (Wildman–Crippen MR) is 75.0 cm³/mol. The molecule has 0 saturated heterocycles. The summed E-state index contributed by atoms with van der Waals surface area (Å²) in [6, 6.07) is 7.31. The van der Waals surface area contributed by atoms with Gasteiger partial charge >= 0.3 is 0 Å². The van der Waals surface area contributed by atoms with Crippen LogP contribution in [-0.2, 0) is 0 Å². The summed E-state index contributed by atoms with van der Waals surface area (Å²) in [5.41, 5.74) is 3.28. The average molecular weight is 301 g/mol. The lowest BCUT2D eigenvalue weighted by atomic mass is 10.00. The topological polar surface area (TPSA) is 0 Å². The highest BCUT2D eigenvalue weighted by atomic mass is 35.5. The van der Waals surface area contributed by atoms with Crippen LogP contribution in [0.2, 0.25) is 5.02 Å². The maximum Gasteiger partial charge on any atom is 0.159 e. The van der Waals surface area contributed by atoms with Crippen molar-refractivity contribution in [1.29, 1.82) is 0 Å². The number of hydrogen-bond acceptors (Lipinski definition) is 0. The van der Waals surface area contributed by atoms with E-state index in [-0.39, 0.29) is 0 Å². The SMILES string of the molecule is Cc1cc(Cl)c(C(Cl)c2ccc(F)c(F)c2)cc1C. The summed E-state index contributed by atoms with van der Waals surface area (Å²) in [5.74, 6) is -1.80. The molecule has 0 aliphatic heterocycles. The quantitative estimate of drug-likeness (QED) is 0.637. The Balaban J connectivity index is 2.46. The van der Waals surface area contributed by atoms with Crippen molar-refractivity contribution in [2.24, 2.45) is 0 Å². The second-order valence-electron chi connectivity index (χ2n) is 4.49. The molecule has 0 aliphatic carbocycles. The van der Waals surface area contributed by atoms with Crippen molar-refractivity contribution in [3.05, 3.63) is 69.2 Å². The second-order valence-corrected chi connectivity index (χ2v) is 5.34. The van der Waals surface area contributed by atoms with Gasteiger partial charge in [0.25, 0.3) is 0 Å². The third-order valence-electron chi connectivity index (χ3n) is 3.12. The molecule has 0 bridgehead atoms. The van der Waals surface area contributed by atoms with Crippen LogP contribution in [0.5, 0.6) is 0 Å². The molecule has 4 heteroatoms. The van der Waals surface area contributed by atoms with E-state index in [9.17, 15) is 8.78 Å². The van der Waals surface area contributed by atoms with Crippen molar-refractivity contribution in [3.63, 3.8) is 0 Å². The first-order valence-corrected chi connectivity index (χ1v) is 6.57. The summed E-state index contributed by atoms with van der Waals surface area (Å²) in [6.45, 7) is 3.90. The van der Waals surface area contributed by atoms with Gasteiger partial charge in [-0.2, -0.15) is 0 Å². The van der Waals surface area contributed by atoms with E-state index in [4.69, 9.17) is 23.2 Å². The molecule has 1 unspecified atom stereocenters. The van der Waals surface area contributed by atoms with Crippen molar-refractivity contribution < 1.29 is 8.78 Å². The lowest BCUT2D eigenvalue weighted by Crippen LogP contribution is -1.98. The summed E-state index contributed by atoms with van der Waals surface area (Å²) in [7, 11) is 0. The molecule has 0 saturated carbocycles. The second kappa shape index (κ2) is 5.48. The smallest absolute Gasteiger partial charge is 0.159 e. The third kappa shape index (κ3) is 2.90. The molecule has 1 atom stereocenters. The zero-order chi connectivity index (χ0) is 14.2. The highest BCUT2D eigenvalue weighted by molar-refractivity contribution is 6.33. The van der Waals surface area contributed by atoms with Gasteiger partial charge in [-0.3, -0.25) is 0 Å². The van der Waals surface area contributed by atoms with Gasteiger partial charge in [0.2, 0.25) is 0 Å². The standard InChI is InChI=1S/C15H12Cl2F2/c1-8-5-11(12(16)6-9(8)2)15(17)10-3-4-13(18)14(19)7-10/h3-7,15H,1-2H3. The van der Waals surface area contributed by atoms with E-state index in [2.05, 4.69) is 0 Å². The van der Waals surface area contributed by atoms with Crippen molar-refractivity contribution in [2.45, 2.75) is 19.2 Å². The summed E-state index contributed by atoms with van der Waals surface area (Å²) in [4.78, 5) is 0. The highest BCUT2D eigenvalue weighted by Crippen LogP contribution is 2.35. The zero-order valence-corrected chi connectivity index (χ0v) is 12.0. The maximum atomic E-state index is 13.2. The Morgan fingerprint density at radius 1 is 0.947 bits per heavy atom. The molecule has 0 nitrogen and oxygen atoms in total. The monoisotopic (exact) mass is 300 g/mol. The number of benzene rings is 2. The molecule has 0 N–H and O–H groups in total. The molecule has 2 rings (SSSR count). The van der Waals surface area contributed by atoms with E-state index in [1.807, 2.05) is 26.0 Å². The fourth-order valence-electron chi connectivity index (χ4n) is 1.85. The van der Waals surface area contributed by atoms with Gasteiger partial charge in [0, 0.05) is 5.02 Å². The van der Waals surface area contributed by atoms with Crippen molar-refractivity contribution >= 4 is 23.2 Å². The Kier molecular flexibility index (Phi) is 4.12. The van der Waals surface area contributed by atoms with Crippen LogP contribution in [-0.4, -0.2) is 0 Å². The highest BCUT2D eigenvalue weighted by Gasteiger charge is 2.17. The van der Waals surface area contributed by atoms with Crippen molar-refractivity contribution in [3.8, 4) is 0 Å². The molecular weight excluding hydrogens is 289 g/mol. The van der Waals surface area contributed by atoms with Crippen LogP contribution in [0.1, 0.15) is 27.6 Å². The Morgan fingerprint density at radius 3 is 2.21 bits per heavy atom. The van der Waals surface area contributed by atoms with E-state index < -0.39 is 17.0 Å². The Hall–Kier alpha value is -1.12. The zero-order valence-electron chi connectivity index (χ0n) is 10.5. The minimum Gasteiger partial charge on any atom is -0.204 e. The molecule has 0 radical (unpaired) electrons. The minimum absolute atomic E-state index is 0.478. The molecule has 0 aliphatic rings. The van der Waals surface area contributed by atoms with E-state index in [0.717, 1.165) is 23.3 Å². The lowest BCUT2D eigenvalue weighted by Gasteiger charge is -2.14. The summed E-state index contributed by atoms with van der Waals surface area (Å²) in [5, 5.41) is -0.0882. The molecule has 100 valence electrons. The van der Waals surface area contributed by atoms with Crippen molar-refractivity contribution in [1.82, 2.24) is 0 Å². The summed E-state index contributed by atoms with van der Waals surface area (Å²) < 4.78 is 26.1. The van der Waals surface area contributed by atoms with Crippen LogP contribution in [0, 0.1) is 25.5 Å². The molecule has 19 heavy (non-hydrogen) atoms. The number of alkyl halides is 1. The first-order chi connectivity index (χ1) is 8.90. The average Bonchev–Trinajstić information content (AvgIpc) is 2.36. The normalized spacial score (nSPS) is 12.5. The number of aryl methyl sites for hydroxylation is 2. The van der Waals surface area contributed by atoms with Crippen LogP contribution >= 0.6 is 23.2 Å². The van der Waals surface area contributed by atoms with Gasteiger partial charge in [0.1, 0.15) is 0 Å². The van der Waals surface area contributed by atoms with Crippen LogP contribution in [0.3, 0.4) is 0 Å². The molecule has 0 fully saturated rings. The van der Waals surface area contributed by atoms with E-state index in [1.54, 1.807) is 0 Å². The van der Waals surface area contributed by atoms with Crippen molar-refractivity contribution in [2.75, 3.05) is 0 Å². The van der Waals surface area contributed by atoms with E-state index >= 15 is 0 Å². The minimum atomic E-state index is -0.914. The largest absolute Gasteiger partial charge is 0.204 e. The van der Waals surface area contributed by atoms with E-state index in [1.165, 1.54) is 6.07 Å². The first-order valence-electron chi connectivity index (χ1n) is 5.76. The number of hydrogen-bond donors (Lipinski definition) is 0. The molecular formula is C15H12Cl2F2. The number of rotatable bonds is 2. The van der Waals surface area contributed by atoms with Crippen LogP contribution in [0.4, 0.5) is 8.78 Å². The van der Waals surface area contributed by atoms with Gasteiger partial charge in [-0.15, -0.1) is 11.6 Å². The fraction of sp³-hybridized carbons (Fsp3) is 0.200. The van der Waals surface area contributed by atoms with Crippen LogP contribution in [0.15, 0.2) is 30.3 Å². The van der Waals surface area contributed by atoms with Crippen LogP contribution < -0.4 is 0 Å². The van der Waals surface area contributed by atoms with Gasteiger partial charge in [-0.1, -0.05) is 23.7 Å². The molecule has 0 spiro atoms. The first kappa shape index (κ1) is 14.3. The molecule has 2 aromatic rings. The van der Waals surface area contributed by atoms with Gasteiger partial charge in [-0.25, -0.2) is 8.78 Å². The predicted octanol–water partition coefficient (Wildman–Crippen LogP) is 5.56. The molecule has 0 amide bonds. The molecule has 0 aromatic heterocycles. The number of halogens is 4. The Bertz CT molecular complexity index is 624. The maximum absolute atomic E-state index is 13.2. The summed E-state index contributed by atoms with van der Waals surface area (Å²) >= 11 is 12.5. The molecule has 0 heterocycles. The Labute approximate surface area is 121 Å². The van der Waals surface area contributed by atoms with Gasteiger partial charge in [-0.05, 0) is 54.3 Å². The third-order valence-corrected chi connectivity index (χ3v) is 3.94. The van der Waals surface area contributed by atoms with Gasteiger partial charge in [0.05, 0.1) is 5.38 Å². The fourth-order valence-corrected chi connectivity index (χ4v) is 2.55. The van der Waals surface area contributed by atoms with Crippen LogP contribution in [0.25, 0.3) is 0 Å².